The van der Waals surface area contributed by atoms with Gasteiger partial charge in [-0.05, 0) is 13.8 Å². The molecule has 0 aromatic carbocycles. The van der Waals surface area contributed by atoms with Crippen molar-refractivity contribution in [3.05, 3.63) is 0 Å². The summed E-state index contributed by atoms with van der Waals surface area (Å²) < 4.78 is 11.0. The van der Waals surface area contributed by atoms with Crippen LogP contribution in [0.3, 0.4) is 0 Å². The molecule has 0 spiro atoms. The fourth-order valence-electron chi connectivity index (χ4n) is 1.76. The van der Waals surface area contributed by atoms with Crippen LogP contribution in [0.15, 0.2) is 0 Å². The Kier molecular flexibility index (Phi) is 1.47. The number of nitrogens with zero attached hydrogens (tertiary/aromatic N) is 1. The summed E-state index contributed by atoms with van der Waals surface area (Å²) in [5.41, 5.74) is 0. The topological polar surface area (TPSA) is 38.8 Å². The number of carbonyl (C=O) groups excluding carboxylic acids is 1. The van der Waals surface area contributed by atoms with Crippen molar-refractivity contribution in [1.29, 1.82) is 0 Å². The molecule has 2 aliphatic rings. The second kappa shape index (κ2) is 2.20. The molecule has 2 heterocycles. The van der Waals surface area contributed by atoms with Crippen LogP contribution in [0.2, 0.25) is 0 Å². The predicted molar refractivity (Wildman–Crippen MR) is 41.5 cm³/mol. The summed E-state index contributed by atoms with van der Waals surface area (Å²) in [7, 11) is 1.76. The highest BCUT2D eigenvalue weighted by Gasteiger charge is 2.51. The van der Waals surface area contributed by atoms with E-state index in [4.69, 9.17) is 9.47 Å². The Morgan fingerprint density at radius 3 is 2.75 bits per heavy atom. The predicted octanol–water partition coefficient (Wildman–Crippen LogP) is -0.0215. The lowest BCUT2D eigenvalue weighted by atomic mass is 10.3. The number of ether oxygens (including phenoxy) is 2. The third-order valence-corrected chi connectivity index (χ3v) is 2.26. The van der Waals surface area contributed by atoms with Gasteiger partial charge in [0, 0.05) is 13.6 Å². The van der Waals surface area contributed by atoms with Gasteiger partial charge in [0.05, 0.1) is 0 Å². The molecule has 0 unspecified atom stereocenters. The summed E-state index contributed by atoms with van der Waals surface area (Å²) in [6.45, 7) is 4.31. The first-order valence-corrected chi connectivity index (χ1v) is 4.10. The maximum absolute atomic E-state index is 11.4. The first-order chi connectivity index (χ1) is 5.49. The minimum atomic E-state index is -0.591. The lowest BCUT2D eigenvalue weighted by Crippen LogP contribution is -2.31. The Hall–Kier alpha value is -0.610. The summed E-state index contributed by atoms with van der Waals surface area (Å²) in [5, 5.41) is 0. The van der Waals surface area contributed by atoms with Crippen LogP contribution in [0.25, 0.3) is 0 Å². The number of amides is 1. The van der Waals surface area contributed by atoms with Crippen molar-refractivity contribution in [3.63, 3.8) is 0 Å². The molecule has 2 aliphatic heterocycles. The molecule has 0 bridgehead atoms. The number of likely N-dealkylation sites (tertiary alicyclic amines) is 1. The highest BCUT2D eigenvalue weighted by Crippen LogP contribution is 2.32. The minimum absolute atomic E-state index is 0.0329. The van der Waals surface area contributed by atoms with Gasteiger partial charge in [-0.25, -0.2) is 0 Å². The minimum Gasteiger partial charge on any atom is -0.342 e. The molecule has 2 rings (SSSR count). The molecule has 0 aromatic rings. The third-order valence-electron chi connectivity index (χ3n) is 2.26. The SMILES string of the molecule is CN1C[C@H]2OC(C)(C)O[C@H]2C1=O. The van der Waals surface area contributed by atoms with Gasteiger partial charge in [0.2, 0.25) is 0 Å². The van der Waals surface area contributed by atoms with Gasteiger partial charge >= 0.3 is 0 Å². The van der Waals surface area contributed by atoms with Crippen LogP contribution in [-0.2, 0) is 14.3 Å². The van der Waals surface area contributed by atoms with Crippen molar-refractivity contribution in [1.82, 2.24) is 4.90 Å². The van der Waals surface area contributed by atoms with Crippen LogP contribution < -0.4 is 0 Å². The number of hydrogen-bond donors (Lipinski definition) is 0. The number of hydrogen-bond acceptors (Lipinski definition) is 3. The molecular formula is C8H13NO3. The third kappa shape index (κ3) is 1.03. The highest BCUT2D eigenvalue weighted by molar-refractivity contribution is 5.84. The van der Waals surface area contributed by atoms with Crippen LogP contribution in [-0.4, -0.2) is 42.4 Å². The number of carbonyl (C=O) groups is 1. The van der Waals surface area contributed by atoms with Crippen molar-refractivity contribution in [2.24, 2.45) is 0 Å². The first kappa shape index (κ1) is 8.01. The molecule has 2 atom stereocenters. The Balaban J connectivity index is 2.16. The molecule has 4 heteroatoms. The van der Waals surface area contributed by atoms with Gasteiger partial charge < -0.3 is 14.4 Å². The van der Waals surface area contributed by atoms with E-state index in [1.807, 2.05) is 13.8 Å². The molecular weight excluding hydrogens is 158 g/mol. The average Bonchev–Trinajstić information content (AvgIpc) is 2.33. The molecule has 4 nitrogen and oxygen atoms in total. The maximum atomic E-state index is 11.4. The molecule has 0 saturated carbocycles. The van der Waals surface area contributed by atoms with E-state index in [9.17, 15) is 4.79 Å². The zero-order valence-corrected chi connectivity index (χ0v) is 7.53. The van der Waals surface area contributed by atoms with Crippen molar-refractivity contribution >= 4 is 5.91 Å². The molecule has 1 amide bonds. The Morgan fingerprint density at radius 1 is 1.50 bits per heavy atom. The zero-order valence-electron chi connectivity index (χ0n) is 7.53. The van der Waals surface area contributed by atoms with Crippen molar-refractivity contribution in [2.45, 2.75) is 31.8 Å². The monoisotopic (exact) mass is 171 g/mol. The summed E-state index contributed by atoms with van der Waals surface area (Å²) in [6, 6.07) is 0. The van der Waals surface area contributed by atoms with E-state index in [1.54, 1.807) is 11.9 Å². The Morgan fingerprint density at radius 2 is 2.17 bits per heavy atom. The Bertz CT molecular complexity index is 226. The van der Waals surface area contributed by atoms with E-state index in [1.165, 1.54) is 0 Å². The fraction of sp³-hybridized carbons (Fsp3) is 0.875. The van der Waals surface area contributed by atoms with Gasteiger partial charge in [-0.3, -0.25) is 4.79 Å². The van der Waals surface area contributed by atoms with E-state index < -0.39 is 5.79 Å². The fourth-order valence-corrected chi connectivity index (χ4v) is 1.76. The van der Waals surface area contributed by atoms with Gasteiger partial charge in [0.15, 0.2) is 11.9 Å². The first-order valence-electron chi connectivity index (χ1n) is 4.10. The van der Waals surface area contributed by atoms with Gasteiger partial charge in [-0.1, -0.05) is 0 Å². The highest BCUT2D eigenvalue weighted by atomic mass is 16.8. The second-order valence-corrected chi connectivity index (χ2v) is 3.81. The van der Waals surface area contributed by atoms with Gasteiger partial charge in [0.1, 0.15) is 6.10 Å². The molecule has 0 radical (unpaired) electrons. The summed E-state index contributed by atoms with van der Waals surface area (Å²) in [6.07, 6.45) is -0.442. The van der Waals surface area contributed by atoms with Gasteiger partial charge in [-0.15, -0.1) is 0 Å². The second-order valence-electron chi connectivity index (χ2n) is 3.81. The van der Waals surface area contributed by atoms with Crippen LogP contribution in [0.5, 0.6) is 0 Å². The van der Waals surface area contributed by atoms with E-state index in [0.717, 1.165) is 0 Å². The molecule has 2 saturated heterocycles. The van der Waals surface area contributed by atoms with Gasteiger partial charge in [0.25, 0.3) is 5.91 Å². The van der Waals surface area contributed by atoms with E-state index in [0.29, 0.717) is 6.54 Å². The zero-order chi connectivity index (χ0) is 8.93. The lowest BCUT2D eigenvalue weighted by molar-refractivity contribution is -0.167. The molecule has 0 aromatic heterocycles. The number of fused-ring (bicyclic) bond motifs is 1. The van der Waals surface area contributed by atoms with E-state index >= 15 is 0 Å². The van der Waals surface area contributed by atoms with E-state index in [-0.39, 0.29) is 18.1 Å². The Labute approximate surface area is 71.4 Å². The quantitative estimate of drug-likeness (QED) is 0.514. The lowest BCUT2D eigenvalue weighted by Gasteiger charge is -2.20. The van der Waals surface area contributed by atoms with Crippen LogP contribution >= 0.6 is 0 Å². The van der Waals surface area contributed by atoms with Crippen molar-refractivity contribution < 1.29 is 14.3 Å². The van der Waals surface area contributed by atoms with E-state index in [2.05, 4.69) is 0 Å². The van der Waals surface area contributed by atoms with Crippen LogP contribution in [0, 0.1) is 0 Å². The standard InChI is InChI=1S/C8H13NO3/c1-8(2)11-5-4-9(3)7(10)6(5)12-8/h5-6H,4H2,1-3H3/t5-,6-/m1/s1. The molecule has 0 N–H and O–H groups in total. The number of likely N-dealkylation sites (N-methyl/N-ethyl adjacent to an activating group) is 1. The molecule has 2 fully saturated rings. The summed E-state index contributed by atoms with van der Waals surface area (Å²) in [4.78, 5) is 13.0. The average molecular weight is 171 g/mol. The number of rotatable bonds is 0. The maximum Gasteiger partial charge on any atom is 0.254 e. The van der Waals surface area contributed by atoms with Crippen LogP contribution in [0.1, 0.15) is 13.8 Å². The van der Waals surface area contributed by atoms with Crippen LogP contribution in [0.4, 0.5) is 0 Å². The molecule has 68 valence electrons. The largest absolute Gasteiger partial charge is 0.342 e. The molecule has 12 heavy (non-hydrogen) atoms. The van der Waals surface area contributed by atoms with Crippen molar-refractivity contribution in [2.75, 3.05) is 13.6 Å². The smallest absolute Gasteiger partial charge is 0.254 e. The summed E-state index contributed by atoms with van der Waals surface area (Å²) in [5.74, 6) is -0.558. The molecule has 0 aliphatic carbocycles. The summed E-state index contributed by atoms with van der Waals surface area (Å²) >= 11 is 0. The van der Waals surface area contributed by atoms with Crippen molar-refractivity contribution in [3.8, 4) is 0 Å². The van der Waals surface area contributed by atoms with Gasteiger partial charge in [-0.2, -0.15) is 0 Å². The normalized spacial score (nSPS) is 38.9.